The monoisotopic (exact) mass is 1520 g/mol. The Morgan fingerprint density at radius 3 is 1.39 bits per heavy atom. The molecule has 4 amide bonds. The van der Waals surface area contributed by atoms with E-state index in [-0.39, 0.29) is 81.8 Å². The Hall–Kier alpha value is -6.95. The smallest absolute Gasteiger partial charge is 0.241 e. The zero-order valence-corrected chi connectivity index (χ0v) is 67.4. The predicted molar refractivity (Wildman–Crippen MR) is 423 cm³/mol. The van der Waals surface area contributed by atoms with Crippen molar-refractivity contribution in [2.75, 3.05) is 166 Å². The van der Waals surface area contributed by atoms with Crippen LogP contribution >= 0.6 is 0 Å². The van der Waals surface area contributed by atoms with Crippen LogP contribution < -0.4 is 36.0 Å². The van der Waals surface area contributed by atoms with Crippen LogP contribution in [0.2, 0.25) is 0 Å². The lowest BCUT2D eigenvalue weighted by Gasteiger charge is -2.46. The summed E-state index contributed by atoms with van der Waals surface area (Å²) < 4.78 is 67.1. The summed E-state index contributed by atoms with van der Waals surface area (Å²) in [5.41, 5.74) is 7.55. The Kier molecular flexibility index (Phi) is 26.1. The van der Waals surface area contributed by atoms with Gasteiger partial charge < -0.3 is 45.4 Å². The van der Waals surface area contributed by atoms with E-state index in [4.69, 9.17) is 19.4 Å². The quantitative estimate of drug-likeness (QED) is 0.0597. The summed E-state index contributed by atoms with van der Waals surface area (Å²) in [5, 5.41) is 13.6. The lowest BCUT2D eigenvalue weighted by molar-refractivity contribution is -0.125. The number of piperazine rings is 4. The standard InChI is InChI=1S/C29H39F2N5O2.C28H37FN6O2.C27H44FN5O2/c1-19-13-35(23(12-32-19)14-34-15-24(31)26(16-34)38-4)17-27(37)36-18-29(2,3)28-25(36)10-21(11-33-28)9-20-5-7-22(30)8-6-20;1-19-14-34(23(13-31-19)15-33-9-8-30-25(36)16-33)17-26(37)35-18-28(2,3)27-24(35)11-21(12-32-27)10-20-4-6-22(29)7-5-20;1-8-27(7,28)21-9-23-25(30-10-21)26(5,6)17-33(23)24(34)14-31-12-18(2)29-11-22(31)13-32-19(3)15-35-16-20(32)4/h5-8,10-11,19,23-24,26,32H,9,12-18H2,1-4H3;4-7,11-12,19,23,31H,8-10,13-18H2,1-3H3,(H,30,36);9-10,18-20,22,29H,8,11-17H2,1-7H3/t19-,23-,24+,26-;19-,23-;18-,19-,20-,22-,27?/m111/s1. The SMILES string of the molecule is CCC(C)(F)c1cnc2c(c1)N(C(=O)CN1C[C@@H](C)NC[C@@H]1CN1[C@H](C)COC[C@H]1C)CC2(C)C.CO[C@@H]1CN(C[C@H]2CN[C@H](C)CN2CC(=O)N2CC(C)(C)c3ncc(Cc4ccc(F)cc4)cc32)C[C@@H]1F.C[C@@H]1CN(CC(=O)N2CC(C)(C)c3ncc(Cc4ccc(F)cc4)cc32)[C@@H](CN2CCNC(=O)C2)CN1. The van der Waals surface area contributed by atoms with Crippen LogP contribution in [0, 0.1) is 11.6 Å². The molecule has 11 atom stereocenters. The highest BCUT2D eigenvalue weighted by Gasteiger charge is 2.46. The number of anilines is 3. The van der Waals surface area contributed by atoms with Crippen molar-refractivity contribution in [3.05, 3.63) is 142 Å². The van der Waals surface area contributed by atoms with Gasteiger partial charge in [0.1, 0.15) is 29.6 Å². The van der Waals surface area contributed by atoms with E-state index in [0.29, 0.717) is 121 Å². The number of carbonyl (C=O) groups excluding carboxylic acids is 4. The lowest BCUT2D eigenvalue weighted by atomic mass is 9.90. The van der Waals surface area contributed by atoms with Crippen LogP contribution in [-0.2, 0) is 63.4 Å². The van der Waals surface area contributed by atoms with Gasteiger partial charge in [0.25, 0.3) is 0 Å². The van der Waals surface area contributed by atoms with Crippen molar-refractivity contribution in [3.63, 3.8) is 0 Å². The molecule has 6 fully saturated rings. The fourth-order valence-corrected chi connectivity index (χ4v) is 17.6. The van der Waals surface area contributed by atoms with E-state index in [9.17, 15) is 32.3 Å². The number of methoxy groups -OCH3 is 1. The number of likely N-dealkylation sites (tertiary alicyclic amines) is 1. The number of amides is 4. The number of fused-ring (bicyclic) bond motifs is 3. The third kappa shape index (κ3) is 19.6. The molecule has 14 rings (SSSR count). The first-order valence-corrected chi connectivity index (χ1v) is 40.0. The molecular formula is C84H120F4N16O6. The van der Waals surface area contributed by atoms with E-state index < -0.39 is 11.8 Å². The number of alkyl halides is 2. The van der Waals surface area contributed by atoms with E-state index in [1.165, 1.54) is 24.3 Å². The molecule has 2 aromatic carbocycles. The first-order valence-electron chi connectivity index (χ1n) is 40.0. The number of aromatic nitrogens is 3. The number of pyridine rings is 3. The maximum Gasteiger partial charge on any atom is 0.241 e. The molecule has 0 aliphatic carbocycles. The number of carbonyl (C=O) groups is 4. The second-order valence-electron chi connectivity index (χ2n) is 35.0. The molecule has 0 saturated carbocycles. The van der Waals surface area contributed by atoms with Gasteiger partial charge in [-0.3, -0.25) is 63.5 Å². The highest BCUT2D eigenvalue weighted by Crippen LogP contribution is 2.44. The van der Waals surface area contributed by atoms with Crippen molar-refractivity contribution >= 4 is 40.7 Å². The first kappa shape index (κ1) is 82.5. The van der Waals surface area contributed by atoms with E-state index in [1.54, 1.807) is 44.5 Å². The van der Waals surface area contributed by atoms with Gasteiger partial charge in [0.15, 0.2) is 0 Å². The topological polar surface area (TPSA) is 203 Å². The van der Waals surface area contributed by atoms with E-state index in [1.807, 2.05) is 40.1 Å². The van der Waals surface area contributed by atoms with Gasteiger partial charge >= 0.3 is 0 Å². The molecule has 0 radical (unpaired) electrons. The van der Waals surface area contributed by atoms with E-state index in [0.717, 1.165) is 129 Å². The number of benzene rings is 2. The second-order valence-corrected chi connectivity index (χ2v) is 35.0. The second kappa shape index (κ2) is 34.8. The molecule has 600 valence electrons. The Labute approximate surface area is 649 Å². The molecule has 9 aliphatic heterocycles. The Morgan fingerprint density at radius 1 is 0.573 bits per heavy atom. The zero-order valence-electron chi connectivity index (χ0n) is 67.4. The highest BCUT2D eigenvalue weighted by molar-refractivity contribution is 5.99. The van der Waals surface area contributed by atoms with Crippen LogP contribution in [0.5, 0.6) is 0 Å². The van der Waals surface area contributed by atoms with Crippen LogP contribution in [0.25, 0.3) is 0 Å². The average Bonchev–Trinajstić information content (AvgIpc) is 1.61. The summed E-state index contributed by atoms with van der Waals surface area (Å²) in [7, 11) is 1.56. The Bertz CT molecular complexity index is 4010. The summed E-state index contributed by atoms with van der Waals surface area (Å²) in [6.07, 6.45) is 5.64. The largest absolute Gasteiger partial charge is 0.378 e. The van der Waals surface area contributed by atoms with Gasteiger partial charge in [-0.25, -0.2) is 17.6 Å². The van der Waals surface area contributed by atoms with Crippen LogP contribution in [0.1, 0.15) is 141 Å². The van der Waals surface area contributed by atoms with Crippen molar-refractivity contribution in [2.24, 2.45) is 0 Å². The number of rotatable bonds is 19. The van der Waals surface area contributed by atoms with Crippen molar-refractivity contribution in [1.82, 2.24) is 65.6 Å². The Balaban J connectivity index is 0.000000154. The van der Waals surface area contributed by atoms with Gasteiger partial charge in [-0.05, 0) is 126 Å². The summed E-state index contributed by atoms with van der Waals surface area (Å²) in [6, 6.07) is 21.1. The minimum Gasteiger partial charge on any atom is -0.378 e. The Morgan fingerprint density at radius 2 is 0.982 bits per heavy atom. The molecule has 0 spiro atoms. The molecule has 9 aliphatic rings. The number of morpholine rings is 1. The fraction of sp³-hybridized carbons (Fsp3) is 0.631. The molecular weight excluding hydrogens is 1410 g/mol. The molecule has 1 unspecified atom stereocenters. The predicted octanol–water partition coefficient (Wildman–Crippen LogP) is 7.37. The molecule has 6 saturated heterocycles. The van der Waals surface area contributed by atoms with Gasteiger partial charge in [-0.1, -0.05) is 72.7 Å². The number of hydrogen-bond donors (Lipinski definition) is 4. The molecule has 110 heavy (non-hydrogen) atoms. The molecule has 22 nitrogen and oxygen atoms in total. The van der Waals surface area contributed by atoms with Crippen LogP contribution in [-0.4, -0.2) is 280 Å². The number of ether oxygens (including phenoxy) is 2. The number of nitrogens with one attached hydrogen (secondary N) is 4. The molecule has 4 N–H and O–H groups in total. The van der Waals surface area contributed by atoms with Gasteiger partial charge in [0, 0.05) is 201 Å². The summed E-state index contributed by atoms with van der Waals surface area (Å²) in [5.74, 6) is -0.258. The van der Waals surface area contributed by atoms with Crippen LogP contribution in [0.3, 0.4) is 0 Å². The van der Waals surface area contributed by atoms with Gasteiger partial charge in [-0.15, -0.1) is 0 Å². The van der Waals surface area contributed by atoms with Gasteiger partial charge in [-0.2, -0.15) is 0 Å². The zero-order chi connectivity index (χ0) is 78.7. The maximum atomic E-state index is 15.1. The minimum absolute atomic E-state index is 0.0521. The fourth-order valence-electron chi connectivity index (χ4n) is 17.6. The number of halogens is 4. The van der Waals surface area contributed by atoms with Crippen molar-refractivity contribution in [3.8, 4) is 0 Å². The molecule has 26 heteroatoms. The van der Waals surface area contributed by atoms with Crippen LogP contribution in [0.4, 0.5) is 34.6 Å². The van der Waals surface area contributed by atoms with Crippen LogP contribution in [0.15, 0.2) is 85.3 Å². The molecule has 12 heterocycles. The maximum absolute atomic E-state index is 15.1. The average molecular weight is 1530 g/mol. The summed E-state index contributed by atoms with van der Waals surface area (Å²) >= 11 is 0. The number of nitrogens with zero attached hydrogens (tertiary/aromatic N) is 12. The normalized spacial score (nSPS) is 27.6. The lowest BCUT2D eigenvalue weighted by Crippen LogP contribution is -2.63. The third-order valence-corrected chi connectivity index (χ3v) is 24.1. The van der Waals surface area contributed by atoms with Crippen molar-refractivity contribution in [2.45, 2.75) is 192 Å². The van der Waals surface area contributed by atoms with E-state index >= 15 is 4.39 Å². The van der Waals surface area contributed by atoms with E-state index in [2.05, 4.69) is 144 Å². The van der Waals surface area contributed by atoms with Crippen molar-refractivity contribution in [1.29, 1.82) is 0 Å². The summed E-state index contributed by atoms with van der Waals surface area (Å²) in [6.45, 7) is 41.2. The third-order valence-electron chi connectivity index (χ3n) is 24.1. The van der Waals surface area contributed by atoms with Crippen molar-refractivity contribution < 1.29 is 46.2 Å². The highest BCUT2D eigenvalue weighted by atomic mass is 19.1. The molecule has 0 bridgehead atoms. The molecule has 5 aromatic rings. The van der Waals surface area contributed by atoms with Gasteiger partial charge in [0.2, 0.25) is 23.6 Å². The summed E-state index contributed by atoms with van der Waals surface area (Å²) in [4.78, 5) is 86.7. The number of hydrogen-bond acceptors (Lipinski definition) is 18. The first-order chi connectivity index (χ1) is 52.2. The minimum atomic E-state index is -1.46. The van der Waals surface area contributed by atoms with Gasteiger partial charge in [0.05, 0.1) is 73.5 Å². The molecule has 3 aromatic heterocycles.